The number of aromatic nitrogens is 1. The molecule has 1 aromatic carbocycles. The molecule has 0 aliphatic carbocycles. The zero-order valence-electron chi connectivity index (χ0n) is 11.2. The van der Waals surface area contributed by atoms with Crippen LogP contribution in [0.25, 0.3) is 0 Å². The molecule has 0 atom stereocenters. The highest BCUT2D eigenvalue weighted by Gasteiger charge is 2.20. The summed E-state index contributed by atoms with van der Waals surface area (Å²) in [6, 6.07) is 6.79. The van der Waals surface area contributed by atoms with Gasteiger partial charge in [-0.1, -0.05) is 13.0 Å². The van der Waals surface area contributed by atoms with Crippen molar-refractivity contribution in [3.05, 3.63) is 63.6 Å². The van der Waals surface area contributed by atoms with E-state index in [-0.39, 0.29) is 17.1 Å². The normalized spacial score (nSPS) is 10.2. The zero-order chi connectivity index (χ0) is 15.4. The summed E-state index contributed by atoms with van der Waals surface area (Å²) in [6.45, 7) is 1.88. The number of rotatable bonds is 4. The Morgan fingerprint density at radius 1 is 1.38 bits per heavy atom. The van der Waals surface area contributed by atoms with Crippen LogP contribution in [0.4, 0.5) is 15.9 Å². The van der Waals surface area contributed by atoms with E-state index in [1.165, 1.54) is 18.2 Å². The van der Waals surface area contributed by atoms with Crippen LogP contribution in [0.3, 0.4) is 0 Å². The van der Waals surface area contributed by atoms with Crippen LogP contribution in [-0.4, -0.2) is 15.8 Å². The van der Waals surface area contributed by atoms with Crippen molar-refractivity contribution in [2.75, 3.05) is 5.32 Å². The summed E-state index contributed by atoms with van der Waals surface area (Å²) in [6.07, 6.45) is 1.60. The van der Waals surface area contributed by atoms with Gasteiger partial charge in [0.25, 0.3) is 11.6 Å². The topological polar surface area (TPSA) is 85.1 Å². The smallest absolute Gasteiger partial charge is 0.282 e. The number of benzene rings is 1. The molecule has 2 rings (SSSR count). The SMILES string of the molecule is CCc1ccc([N+](=O)[O-])c(C(=O)Nc2ccc(F)cn2)c1. The molecule has 1 heterocycles. The molecule has 6 nitrogen and oxygen atoms in total. The standard InChI is InChI=1S/C14H12FN3O3/c1-2-9-3-5-12(18(20)21)11(7-9)14(19)17-13-6-4-10(15)8-16-13/h3-8H,2H2,1H3,(H,16,17,19). The van der Waals surface area contributed by atoms with Gasteiger partial charge in [-0.05, 0) is 30.2 Å². The number of aryl methyl sites for hydroxylation is 1. The quantitative estimate of drug-likeness (QED) is 0.692. The van der Waals surface area contributed by atoms with Crippen molar-refractivity contribution in [1.82, 2.24) is 4.98 Å². The fourth-order valence-corrected chi connectivity index (χ4v) is 1.78. The molecule has 1 aromatic heterocycles. The molecule has 108 valence electrons. The van der Waals surface area contributed by atoms with E-state index < -0.39 is 16.6 Å². The monoisotopic (exact) mass is 289 g/mol. The first-order valence-electron chi connectivity index (χ1n) is 6.21. The van der Waals surface area contributed by atoms with Crippen molar-refractivity contribution in [2.45, 2.75) is 13.3 Å². The van der Waals surface area contributed by atoms with Crippen molar-refractivity contribution in [3.63, 3.8) is 0 Å². The number of carbonyl (C=O) groups is 1. The van der Waals surface area contributed by atoms with Gasteiger partial charge in [0.1, 0.15) is 17.2 Å². The average molecular weight is 289 g/mol. The van der Waals surface area contributed by atoms with Crippen LogP contribution < -0.4 is 5.32 Å². The van der Waals surface area contributed by atoms with Gasteiger partial charge in [0.05, 0.1) is 11.1 Å². The summed E-state index contributed by atoms with van der Waals surface area (Å²) in [5.41, 5.74) is 0.468. The van der Waals surface area contributed by atoms with Gasteiger partial charge >= 0.3 is 0 Å². The Hall–Kier alpha value is -2.83. The van der Waals surface area contributed by atoms with Crippen LogP contribution in [0.15, 0.2) is 36.5 Å². The lowest BCUT2D eigenvalue weighted by atomic mass is 10.1. The number of nitrogens with one attached hydrogen (secondary N) is 1. The number of nitro benzene ring substituents is 1. The lowest BCUT2D eigenvalue weighted by molar-refractivity contribution is -0.385. The molecule has 1 N–H and O–H groups in total. The third-order valence-corrected chi connectivity index (χ3v) is 2.88. The van der Waals surface area contributed by atoms with Crippen molar-refractivity contribution in [2.24, 2.45) is 0 Å². The highest BCUT2D eigenvalue weighted by molar-refractivity contribution is 6.06. The van der Waals surface area contributed by atoms with Gasteiger partial charge in [0.2, 0.25) is 0 Å². The maximum absolute atomic E-state index is 12.8. The van der Waals surface area contributed by atoms with Gasteiger partial charge < -0.3 is 5.32 Å². The maximum Gasteiger partial charge on any atom is 0.282 e. The molecule has 0 aliphatic rings. The minimum absolute atomic E-state index is 0.0505. The predicted molar refractivity (Wildman–Crippen MR) is 74.6 cm³/mol. The molecule has 0 bridgehead atoms. The van der Waals surface area contributed by atoms with Crippen molar-refractivity contribution in [3.8, 4) is 0 Å². The summed E-state index contributed by atoms with van der Waals surface area (Å²) < 4.78 is 12.8. The second-order valence-electron chi connectivity index (χ2n) is 4.28. The van der Waals surface area contributed by atoms with E-state index in [0.29, 0.717) is 6.42 Å². The second kappa shape index (κ2) is 6.08. The third-order valence-electron chi connectivity index (χ3n) is 2.88. The number of pyridine rings is 1. The number of hydrogen-bond acceptors (Lipinski definition) is 4. The van der Waals surface area contributed by atoms with Gasteiger partial charge in [-0.2, -0.15) is 0 Å². The van der Waals surface area contributed by atoms with E-state index in [9.17, 15) is 19.3 Å². The average Bonchev–Trinajstić information content (AvgIpc) is 2.48. The van der Waals surface area contributed by atoms with Gasteiger partial charge in [0, 0.05) is 6.07 Å². The molecular weight excluding hydrogens is 277 g/mol. The fraction of sp³-hybridized carbons (Fsp3) is 0.143. The Bertz CT molecular complexity index is 686. The van der Waals surface area contributed by atoms with E-state index in [0.717, 1.165) is 17.8 Å². The largest absolute Gasteiger partial charge is 0.306 e. The van der Waals surface area contributed by atoms with Crippen molar-refractivity contribution < 1.29 is 14.1 Å². The molecule has 1 amide bonds. The van der Waals surface area contributed by atoms with Crippen LogP contribution in [0.5, 0.6) is 0 Å². The maximum atomic E-state index is 12.8. The first kappa shape index (κ1) is 14.6. The molecule has 0 spiro atoms. The van der Waals surface area contributed by atoms with E-state index >= 15 is 0 Å². The molecule has 0 saturated heterocycles. The Morgan fingerprint density at radius 2 is 2.14 bits per heavy atom. The van der Waals surface area contributed by atoms with Gasteiger partial charge in [-0.3, -0.25) is 14.9 Å². The number of hydrogen-bond donors (Lipinski definition) is 1. The van der Waals surface area contributed by atoms with Crippen LogP contribution in [-0.2, 0) is 6.42 Å². The predicted octanol–water partition coefficient (Wildman–Crippen LogP) is 2.94. The first-order valence-corrected chi connectivity index (χ1v) is 6.21. The lowest BCUT2D eigenvalue weighted by Gasteiger charge is -2.06. The van der Waals surface area contributed by atoms with Crippen LogP contribution in [0.1, 0.15) is 22.8 Å². The second-order valence-corrected chi connectivity index (χ2v) is 4.28. The Morgan fingerprint density at radius 3 is 2.71 bits per heavy atom. The molecular formula is C14H12FN3O3. The molecule has 2 aromatic rings. The van der Waals surface area contributed by atoms with E-state index in [1.807, 2.05) is 6.92 Å². The first-order chi connectivity index (χ1) is 10.0. The van der Waals surface area contributed by atoms with Crippen LogP contribution in [0, 0.1) is 15.9 Å². The third kappa shape index (κ3) is 3.38. The molecule has 0 saturated carbocycles. The Balaban J connectivity index is 2.33. The number of amides is 1. The van der Waals surface area contributed by atoms with Crippen LogP contribution >= 0.6 is 0 Å². The Labute approximate surface area is 119 Å². The molecule has 7 heteroatoms. The van der Waals surface area contributed by atoms with Crippen molar-refractivity contribution >= 4 is 17.4 Å². The van der Waals surface area contributed by atoms with Gasteiger partial charge in [0.15, 0.2) is 0 Å². The summed E-state index contributed by atoms with van der Waals surface area (Å²) in [5.74, 6) is -1.07. The highest BCUT2D eigenvalue weighted by Crippen LogP contribution is 2.21. The summed E-state index contributed by atoms with van der Waals surface area (Å²) in [4.78, 5) is 26.2. The molecule has 0 aliphatic heterocycles. The Kier molecular flexibility index (Phi) is 4.22. The summed E-state index contributed by atoms with van der Waals surface area (Å²) in [7, 11) is 0. The van der Waals surface area contributed by atoms with Crippen LogP contribution in [0.2, 0.25) is 0 Å². The minimum Gasteiger partial charge on any atom is -0.306 e. The molecule has 0 radical (unpaired) electrons. The van der Waals surface area contributed by atoms with Gasteiger partial charge in [-0.25, -0.2) is 9.37 Å². The number of anilines is 1. The number of halogens is 1. The highest BCUT2D eigenvalue weighted by atomic mass is 19.1. The van der Waals surface area contributed by atoms with E-state index in [1.54, 1.807) is 6.07 Å². The molecule has 0 unspecified atom stereocenters. The lowest BCUT2D eigenvalue weighted by Crippen LogP contribution is -2.15. The van der Waals surface area contributed by atoms with E-state index in [2.05, 4.69) is 10.3 Å². The van der Waals surface area contributed by atoms with Gasteiger partial charge in [-0.15, -0.1) is 0 Å². The number of nitrogens with zero attached hydrogens (tertiary/aromatic N) is 2. The fourth-order valence-electron chi connectivity index (χ4n) is 1.78. The minimum atomic E-state index is -0.656. The van der Waals surface area contributed by atoms with Crippen molar-refractivity contribution in [1.29, 1.82) is 0 Å². The number of nitro groups is 1. The number of carbonyl (C=O) groups excluding carboxylic acids is 1. The van der Waals surface area contributed by atoms with E-state index in [4.69, 9.17) is 0 Å². The zero-order valence-corrected chi connectivity index (χ0v) is 11.2. The molecule has 21 heavy (non-hydrogen) atoms. The summed E-state index contributed by atoms with van der Waals surface area (Å²) >= 11 is 0. The summed E-state index contributed by atoms with van der Waals surface area (Å²) in [5, 5.41) is 13.4. The molecule has 0 fully saturated rings.